The van der Waals surface area contributed by atoms with Crippen molar-refractivity contribution in [3.63, 3.8) is 0 Å². The molecule has 1 heterocycles. The summed E-state index contributed by atoms with van der Waals surface area (Å²) in [5, 5.41) is 2.47. The Morgan fingerprint density at radius 1 is 1.67 bits per heavy atom. The minimum absolute atomic E-state index is 0. The van der Waals surface area contributed by atoms with Crippen LogP contribution in [0.25, 0.3) is 0 Å². The molecular formula is C3H6FeN2OS2. The van der Waals surface area contributed by atoms with E-state index in [1.807, 2.05) is 0 Å². The Hall–Kier alpha value is 0.389. The Labute approximate surface area is 73.4 Å². The van der Waals surface area contributed by atoms with Gasteiger partial charge in [0.1, 0.15) is 4.32 Å². The second kappa shape index (κ2) is 5.20. The van der Waals surface area contributed by atoms with Gasteiger partial charge >= 0.3 is 0 Å². The maximum absolute atomic E-state index is 10.2. The van der Waals surface area contributed by atoms with E-state index in [0.717, 1.165) is 0 Å². The summed E-state index contributed by atoms with van der Waals surface area (Å²) in [7, 11) is 0. The van der Waals surface area contributed by atoms with E-state index in [0.29, 0.717) is 10.1 Å². The van der Waals surface area contributed by atoms with Crippen LogP contribution in [0.3, 0.4) is 0 Å². The van der Waals surface area contributed by atoms with E-state index in [9.17, 15) is 4.79 Å². The first-order chi connectivity index (χ1) is 3.29. The number of rotatable bonds is 0. The normalized spacial score (nSPS) is 15.6. The van der Waals surface area contributed by atoms with Crippen molar-refractivity contribution in [1.82, 2.24) is 11.5 Å². The molecule has 0 saturated carbocycles. The summed E-state index contributed by atoms with van der Waals surface area (Å²) in [5.41, 5.74) is 0. The molecule has 54 valence electrons. The first-order valence-corrected chi connectivity index (χ1v) is 3.15. The molecule has 3 nitrogen and oxygen atoms in total. The zero-order valence-corrected chi connectivity index (χ0v) is 7.23. The van der Waals surface area contributed by atoms with Crippen LogP contribution < -0.4 is 11.5 Å². The zero-order chi connectivity index (χ0) is 5.28. The molecule has 0 spiro atoms. The van der Waals surface area contributed by atoms with E-state index in [4.69, 9.17) is 0 Å². The first-order valence-electron chi connectivity index (χ1n) is 1.75. The van der Waals surface area contributed by atoms with Crippen molar-refractivity contribution < 1.29 is 21.9 Å². The molecule has 1 aliphatic rings. The monoisotopic (exact) mass is 206 g/mol. The van der Waals surface area contributed by atoms with Gasteiger partial charge in [0.05, 0.1) is 5.75 Å². The SMILES string of the molecule is N.O=C1CSC(=S)N1.[Fe]. The maximum Gasteiger partial charge on any atom is 0.235 e. The standard InChI is InChI=1S/C3H3NOS2.Fe.H3N/c5-2-1-7-3(6)4-2;;/h1H2,(H,4,5,6);;1H3. The molecule has 0 aromatic rings. The zero-order valence-electron chi connectivity index (χ0n) is 4.49. The van der Waals surface area contributed by atoms with E-state index < -0.39 is 0 Å². The molecule has 0 aromatic carbocycles. The van der Waals surface area contributed by atoms with E-state index >= 15 is 0 Å². The van der Waals surface area contributed by atoms with Gasteiger partial charge in [-0.1, -0.05) is 24.0 Å². The van der Waals surface area contributed by atoms with Crippen molar-refractivity contribution in [3.05, 3.63) is 0 Å². The molecule has 0 radical (unpaired) electrons. The average Bonchev–Trinajstić information content (AvgIpc) is 1.87. The summed E-state index contributed by atoms with van der Waals surface area (Å²) >= 11 is 6.00. The van der Waals surface area contributed by atoms with E-state index in [2.05, 4.69) is 17.5 Å². The van der Waals surface area contributed by atoms with Crippen LogP contribution in [0.4, 0.5) is 0 Å². The quantitative estimate of drug-likeness (QED) is 0.441. The summed E-state index contributed by atoms with van der Waals surface area (Å²) in [5.74, 6) is 0.522. The molecule has 0 aromatic heterocycles. The van der Waals surface area contributed by atoms with Crippen LogP contribution in [-0.4, -0.2) is 16.0 Å². The third-order valence-electron chi connectivity index (χ3n) is 0.576. The van der Waals surface area contributed by atoms with Crippen LogP contribution in [-0.2, 0) is 21.9 Å². The molecule has 0 bridgehead atoms. The minimum Gasteiger partial charge on any atom is -0.344 e. The minimum atomic E-state index is 0. The van der Waals surface area contributed by atoms with Gasteiger partial charge in [-0.05, 0) is 0 Å². The predicted molar refractivity (Wildman–Crippen MR) is 38.2 cm³/mol. The van der Waals surface area contributed by atoms with Crippen LogP contribution in [0.5, 0.6) is 0 Å². The third-order valence-corrected chi connectivity index (χ3v) is 1.80. The van der Waals surface area contributed by atoms with Crippen LogP contribution in [0.1, 0.15) is 0 Å². The van der Waals surface area contributed by atoms with Crippen molar-refractivity contribution in [1.29, 1.82) is 0 Å². The van der Waals surface area contributed by atoms with Crippen molar-refractivity contribution in [2.75, 3.05) is 5.75 Å². The molecule has 1 saturated heterocycles. The molecule has 6 heteroatoms. The number of thiocarbonyl (C=S) groups is 1. The van der Waals surface area contributed by atoms with Gasteiger partial charge in [0.2, 0.25) is 5.91 Å². The molecule has 1 amide bonds. The van der Waals surface area contributed by atoms with E-state index in [1.54, 1.807) is 0 Å². The van der Waals surface area contributed by atoms with Crippen LogP contribution in [0.2, 0.25) is 0 Å². The molecule has 1 fully saturated rings. The molecule has 9 heavy (non-hydrogen) atoms. The van der Waals surface area contributed by atoms with Gasteiger partial charge in [0, 0.05) is 17.1 Å². The first kappa shape index (κ1) is 12.1. The summed E-state index contributed by atoms with van der Waals surface area (Å²) in [6.07, 6.45) is 0. The summed E-state index contributed by atoms with van der Waals surface area (Å²) in [6, 6.07) is 0. The van der Waals surface area contributed by atoms with Crippen LogP contribution in [0, 0.1) is 0 Å². The summed E-state index contributed by atoms with van der Waals surface area (Å²) in [4.78, 5) is 10.2. The molecule has 1 rings (SSSR count). The van der Waals surface area contributed by atoms with Gasteiger partial charge in [-0.2, -0.15) is 0 Å². The van der Waals surface area contributed by atoms with Gasteiger partial charge in [0.15, 0.2) is 0 Å². The number of carbonyl (C=O) groups excluding carboxylic acids is 1. The molecule has 0 aliphatic carbocycles. The van der Waals surface area contributed by atoms with Crippen molar-refractivity contribution in [2.24, 2.45) is 0 Å². The Kier molecular flexibility index (Phi) is 6.99. The molecular weight excluding hydrogens is 200 g/mol. The Morgan fingerprint density at radius 2 is 2.22 bits per heavy atom. The van der Waals surface area contributed by atoms with Gasteiger partial charge in [-0.3, -0.25) is 4.79 Å². The average molecular weight is 206 g/mol. The number of hydrogen-bond acceptors (Lipinski definition) is 4. The largest absolute Gasteiger partial charge is 0.344 e. The third kappa shape index (κ3) is 3.88. The Morgan fingerprint density at radius 3 is 2.33 bits per heavy atom. The number of nitrogens with one attached hydrogen (secondary N) is 1. The Balaban J connectivity index is 0. The molecule has 0 atom stereocenters. The van der Waals surface area contributed by atoms with E-state index in [1.165, 1.54) is 11.8 Å². The van der Waals surface area contributed by atoms with E-state index in [-0.39, 0.29) is 29.1 Å². The summed E-state index contributed by atoms with van der Waals surface area (Å²) in [6.45, 7) is 0. The Bertz CT molecular complexity index is 115. The predicted octanol–water partition coefficient (Wildman–Crippen LogP) is 0.294. The second-order valence-electron chi connectivity index (χ2n) is 1.12. The smallest absolute Gasteiger partial charge is 0.235 e. The van der Waals surface area contributed by atoms with Gasteiger partial charge in [-0.25, -0.2) is 0 Å². The van der Waals surface area contributed by atoms with Gasteiger partial charge in [-0.15, -0.1) is 0 Å². The molecule has 1 aliphatic heterocycles. The topological polar surface area (TPSA) is 64.1 Å². The second-order valence-corrected chi connectivity index (χ2v) is 2.78. The maximum atomic E-state index is 10.2. The van der Waals surface area contributed by atoms with Gasteiger partial charge < -0.3 is 11.5 Å². The number of carbonyl (C=O) groups is 1. The van der Waals surface area contributed by atoms with Gasteiger partial charge in [0.25, 0.3) is 0 Å². The molecule has 0 unspecified atom stereocenters. The van der Waals surface area contributed by atoms with Crippen molar-refractivity contribution in [3.8, 4) is 0 Å². The number of amides is 1. The fourth-order valence-corrected chi connectivity index (χ4v) is 1.13. The number of hydrogen-bond donors (Lipinski definition) is 2. The van der Waals surface area contributed by atoms with Crippen molar-refractivity contribution in [2.45, 2.75) is 0 Å². The van der Waals surface area contributed by atoms with Crippen LogP contribution >= 0.6 is 24.0 Å². The summed E-state index contributed by atoms with van der Waals surface area (Å²) < 4.78 is 0.602. The fourth-order valence-electron chi connectivity index (χ4n) is 0.317. The van der Waals surface area contributed by atoms with Crippen LogP contribution in [0.15, 0.2) is 0 Å². The molecule has 4 N–H and O–H groups in total. The van der Waals surface area contributed by atoms with Crippen molar-refractivity contribution >= 4 is 34.2 Å². The fraction of sp³-hybridized carbons (Fsp3) is 0.333. The number of thioether (sulfide) groups is 1.